The molecule has 0 unspecified atom stereocenters. The minimum atomic E-state index is -0.953. The molecule has 0 spiro atoms. The number of pyridine rings is 1. The zero-order valence-corrected chi connectivity index (χ0v) is 11.4. The van der Waals surface area contributed by atoms with E-state index in [2.05, 4.69) is 10.3 Å². The highest BCUT2D eigenvalue weighted by atomic mass is 35.5. The second kappa shape index (κ2) is 7.70. The number of nitrogens with zero attached hydrogens (tertiary/aromatic N) is 2. The van der Waals surface area contributed by atoms with Gasteiger partial charge in [-0.15, -0.1) is 0 Å². The number of carboxylic acid groups (broad SMARTS) is 1. The number of rotatable bonds is 7. The van der Waals surface area contributed by atoms with Gasteiger partial charge in [-0.05, 0) is 25.1 Å². The van der Waals surface area contributed by atoms with Crippen LogP contribution in [0.25, 0.3) is 0 Å². The molecule has 0 saturated carbocycles. The van der Waals surface area contributed by atoms with Gasteiger partial charge in [-0.3, -0.25) is 14.5 Å². The molecule has 1 aromatic rings. The highest BCUT2D eigenvalue weighted by molar-refractivity contribution is 6.30. The number of aliphatic carboxylic acids is 1. The van der Waals surface area contributed by atoms with Crippen LogP contribution in [0.2, 0.25) is 5.02 Å². The van der Waals surface area contributed by atoms with Gasteiger partial charge in [0.25, 0.3) is 0 Å². The van der Waals surface area contributed by atoms with E-state index >= 15 is 0 Å². The molecule has 0 fully saturated rings. The Labute approximate surface area is 116 Å². The maximum Gasteiger partial charge on any atom is 0.317 e. The summed E-state index contributed by atoms with van der Waals surface area (Å²) >= 11 is 5.68. The first-order chi connectivity index (χ1) is 9.01. The molecule has 7 heteroatoms. The summed E-state index contributed by atoms with van der Waals surface area (Å²) in [5, 5.41) is 11.8. The SMILES string of the molecule is CCCN(CC(=O)O)CC(=O)Nc1ccc(Cl)cn1. The van der Waals surface area contributed by atoms with E-state index in [-0.39, 0.29) is 19.0 Å². The molecule has 6 nitrogen and oxygen atoms in total. The standard InChI is InChI=1S/C12H16ClN3O3/c1-2-5-16(8-12(18)19)7-11(17)15-10-4-3-9(13)6-14-10/h3-4,6H,2,5,7-8H2,1H3,(H,18,19)(H,14,15,17). The van der Waals surface area contributed by atoms with Crippen LogP contribution in [-0.2, 0) is 9.59 Å². The van der Waals surface area contributed by atoms with E-state index in [1.807, 2.05) is 6.92 Å². The number of nitrogens with one attached hydrogen (secondary N) is 1. The van der Waals surface area contributed by atoms with Crippen molar-refractivity contribution in [1.29, 1.82) is 0 Å². The van der Waals surface area contributed by atoms with Gasteiger partial charge < -0.3 is 10.4 Å². The van der Waals surface area contributed by atoms with E-state index in [4.69, 9.17) is 16.7 Å². The lowest BCUT2D eigenvalue weighted by Crippen LogP contribution is -2.37. The summed E-state index contributed by atoms with van der Waals surface area (Å²) in [6.07, 6.45) is 2.21. The molecule has 0 aliphatic heterocycles. The number of halogens is 1. The third-order valence-corrected chi connectivity index (χ3v) is 2.48. The van der Waals surface area contributed by atoms with Crippen molar-refractivity contribution in [2.45, 2.75) is 13.3 Å². The highest BCUT2D eigenvalue weighted by Crippen LogP contribution is 2.09. The van der Waals surface area contributed by atoms with Crippen molar-refractivity contribution < 1.29 is 14.7 Å². The van der Waals surface area contributed by atoms with Gasteiger partial charge in [0, 0.05) is 6.20 Å². The molecule has 19 heavy (non-hydrogen) atoms. The van der Waals surface area contributed by atoms with Crippen LogP contribution in [0.15, 0.2) is 18.3 Å². The number of carbonyl (C=O) groups excluding carboxylic acids is 1. The molecule has 0 saturated heterocycles. The van der Waals surface area contributed by atoms with Crippen LogP contribution >= 0.6 is 11.6 Å². The van der Waals surface area contributed by atoms with Gasteiger partial charge in [-0.1, -0.05) is 18.5 Å². The number of hydrogen-bond donors (Lipinski definition) is 2. The summed E-state index contributed by atoms with van der Waals surface area (Å²) < 4.78 is 0. The van der Waals surface area contributed by atoms with Crippen LogP contribution < -0.4 is 5.32 Å². The average molecular weight is 286 g/mol. The Hall–Kier alpha value is -1.66. The zero-order chi connectivity index (χ0) is 14.3. The quantitative estimate of drug-likeness (QED) is 0.793. The summed E-state index contributed by atoms with van der Waals surface area (Å²) in [6.45, 7) is 2.33. The van der Waals surface area contributed by atoms with Gasteiger partial charge in [-0.25, -0.2) is 4.98 Å². The maximum absolute atomic E-state index is 11.7. The van der Waals surface area contributed by atoms with Crippen molar-refractivity contribution >= 4 is 29.3 Å². The molecule has 104 valence electrons. The largest absolute Gasteiger partial charge is 0.480 e. The number of hydrogen-bond acceptors (Lipinski definition) is 4. The molecular formula is C12H16ClN3O3. The zero-order valence-electron chi connectivity index (χ0n) is 10.6. The predicted octanol–water partition coefficient (Wildman–Crippen LogP) is 1.47. The van der Waals surface area contributed by atoms with E-state index < -0.39 is 5.97 Å². The Morgan fingerprint density at radius 3 is 2.68 bits per heavy atom. The molecular weight excluding hydrogens is 270 g/mol. The lowest BCUT2D eigenvalue weighted by molar-refractivity contribution is -0.138. The van der Waals surface area contributed by atoms with Gasteiger partial charge in [0.05, 0.1) is 18.1 Å². The minimum absolute atomic E-state index is 0.0183. The topological polar surface area (TPSA) is 82.5 Å². The Balaban J connectivity index is 2.52. The van der Waals surface area contributed by atoms with E-state index in [1.165, 1.54) is 6.20 Å². The van der Waals surface area contributed by atoms with Gasteiger partial charge in [0.2, 0.25) is 5.91 Å². The van der Waals surface area contributed by atoms with Crippen LogP contribution in [-0.4, -0.2) is 46.5 Å². The van der Waals surface area contributed by atoms with Crippen molar-refractivity contribution in [1.82, 2.24) is 9.88 Å². The van der Waals surface area contributed by atoms with Crippen molar-refractivity contribution in [3.63, 3.8) is 0 Å². The van der Waals surface area contributed by atoms with Crippen molar-refractivity contribution in [2.24, 2.45) is 0 Å². The third-order valence-electron chi connectivity index (χ3n) is 2.26. The summed E-state index contributed by atoms with van der Waals surface area (Å²) in [6, 6.07) is 3.20. The molecule has 0 atom stereocenters. The Morgan fingerprint density at radius 2 is 2.16 bits per heavy atom. The molecule has 0 bridgehead atoms. The fourth-order valence-corrected chi connectivity index (χ4v) is 1.67. The lowest BCUT2D eigenvalue weighted by atomic mass is 10.3. The molecule has 2 N–H and O–H groups in total. The molecule has 1 rings (SSSR count). The van der Waals surface area contributed by atoms with Gasteiger partial charge in [0.1, 0.15) is 5.82 Å². The molecule has 0 aromatic carbocycles. The first kappa shape index (κ1) is 15.4. The fourth-order valence-electron chi connectivity index (χ4n) is 1.56. The number of aromatic nitrogens is 1. The van der Waals surface area contributed by atoms with Crippen molar-refractivity contribution in [3.05, 3.63) is 23.4 Å². The second-order valence-electron chi connectivity index (χ2n) is 4.01. The van der Waals surface area contributed by atoms with Crippen molar-refractivity contribution in [3.8, 4) is 0 Å². The van der Waals surface area contributed by atoms with Crippen LogP contribution in [0.4, 0.5) is 5.82 Å². The Morgan fingerprint density at radius 1 is 1.42 bits per heavy atom. The molecule has 1 aromatic heterocycles. The van der Waals surface area contributed by atoms with Gasteiger partial charge >= 0.3 is 5.97 Å². The number of amides is 1. The Bertz CT molecular complexity index is 436. The van der Waals surface area contributed by atoms with Crippen LogP contribution in [0.3, 0.4) is 0 Å². The predicted molar refractivity (Wildman–Crippen MR) is 72.2 cm³/mol. The van der Waals surface area contributed by atoms with Crippen molar-refractivity contribution in [2.75, 3.05) is 25.0 Å². The minimum Gasteiger partial charge on any atom is -0.480 e. The van der Waals surface area contributed by atoms with E-state index in [9.17, 15) is 9.59 Å². The van der Waals surface area contributed by atoms with Crippen LogP contribution in [0.5, 0.6) is 0 Å². The molecule has 1 amide bonds. The normalized spacial score (nSPS) is 10.5. The molecule has 0 aliphatic carbocycles. The first-order valence-corrected chi connectivity index (χ1v) is 6.24. The first-order valence-electron chi connectivity index (χ1n) is 5.86. The second-order valence-corrected chi connectivity index (χ2v) is 4.45. The summed E-state index contributed by atoms with van der Waals surface area (Å²) in [5.41, 5.74) is 0. The summed E-state index contributed by atoms with van der Waals surface area (Å²) in [7, 11) is 0. The molecule has 1 heterocycles. The smallest absolute Gasteiger partial charge is 0.317 e. The fraction of sp³-hybridized carbons (Fsp3) is 0.417. The molecule has 0 radical (unpaired) electrons. The van der Waals surface area contributed by atoms with Crippen LogP contribution in [0, 0.1) is 0 Å². The summed E-state index contributed by atoms with van der Waals surface area (Å²) in [5.74, 6) is -0.864. The van der Waals surface area contributed by atoms with Gasteiger partial charge in [-0.2, -0.15) is 0 Å². The summed E-state index contributed by atoms with van der Waals surface area (Å²) in [4.78, 5) is 27.9. The number of carbonyl (C=O) groups is 2. The van der Waals surface area contributed by atoms with E-state index in [0.717, 1.165) is 6.42 Å². The molecule has 0 aliphatic rings. The Kier molecular flexibility index (Phi) is 6.24. The maximum atomic E-state index is 11.7. The number of carboxylic acids is 1. The highest BCUT2D eigenvalue weighted by Gasteiger charge is 2.13. The van der Waals surface area contributed by atoms with E-state index in [1.54, 1.807) is 17.0 Å². The van der Waals surface area contributed by atoms with Gasteiger partial charge in [0.15, 0.2) is 0 Å². The lowest BCUT2D eigenvalue weighted by Gasteiger charge is -2.18. The monoisotopic (exact) mass is 285 g/mol. The number of anilines is 1. The van der Waals surface area contributed by atoms with Crippen LogP contribution in [0.1, 0.15) is 13.3 Å². The third kappa shape index (κ3) is 6.17. The average Bonchev–Trinajstić information content (AvgIpc) is 2.31. The van der Waals surface area contributed by atoms with E-state index in [0.29, 0.717) is 17.4 Å².